The van der Waals surface area contributed by atoms with Crippen LogP contribution in [0.3, 0.4) is 0 Å². The van der Waals surface area contributed by atoms with Crippen LogP contribution in [-0.2, 0) is 14.6 Å². The standard InChI is InChI=1S/C23H20FNO4S/c24-19-8-12-21(13-9-19)30(27,28)22-14-25(15-22)23(26)16-29-20-10-6-18(7-11-20)17-4-2-1-3-5-17/h1-13,22H,14-16H2. The number of ether oxygens (including phenoxy) is 1. The summed E-state index contributed by atoms with van der Waals surface area (Å²) in [5.41, 5.74) is 2.14. The van der Waals surface area contributed by atoms with Crippen LogP contribution in [-0.4, -0.2) is 44.2 Å². The zero-order valence-electron chi connectivity index (χ0n) is 16.1. The molecule has 7 heteroatoms. The van der Waals surface area contributed by atoms with Crippen LogP contribution < -0.4 is 4.74 Å². The van der Waals surface area contributed by atoms with E-state index in [2.05, 4.69) is 0 Å². The number of amides is 1. The zero-order chi connectivity index (χ0) is 21.1. The summed E-state index contributed by atoms with van der Waals surface area (Å²) in [4.78, 5) is 13.8. The Morgan fingerprint density at radius 1 is 0.900 bits per heavy atom. The second kappa shape index (κ2) is 8.28. The number of nitrogens with zero attached hydrogens (tertiary/aromatic N) is 1. The molecule has 1 fully saturated rings. The highest BCUT2D eigenvalue weighted by Crippen LogP contribution is 2.25. The van der Waals surface area contributed by atoms with Crippen molar-refractivity contribution in [2.75, 3.05) is 19.7 Å². The van der Waals surface area contributed by atoms with E-state index in [1.54, 1.807) is 12.1 Å². The van der Waals surface area contributed by atoms with E-state index in [1.807, 2.05) is 42.5 Å². The van der Waals surface area contributed by atoms with Gasteiger partial charge in [0.2, 0.25) is 0 Å². The Bertz CT molecular complexity index is 1120. The molecule has 0 atom stereocenters. The van der Waals surface area contributed by atoms with Gasteiger partial charge in [-0.2, -0.15) is 0 Å². The smallest absolute Gasteiger partial charge is 0.260 e. The summed E-state index contributed by atoms with van der Waals surface area (Å²) >= 11 is 0. The molecule has 4 rings (SSSR count). The number of sulfone groups is 1. The number of hydrogen-bond acceptors (Lipinski definition) is 4. The van der Waals surface area contributed by atoms with Crippen molar-refractivity contribution in [3.8, 4) is 16.9 Å². The maximum Gasteiger partial charge on any atom is 0.260 e. The second-order valence-electron chi connectivity index (χ2n) is 7.10. The molecule has 3 aromatic rings. The van der Waals surface area contributed by atoms with Gasteiger partial charge in [0.15, 0.2) is 16.4 Å². The molecule has 0 radical (unpaired) electrons. The summed E-state index contributed by atoms with van der Waals surface area (Å²) in [6.45, 7) is 0.0533. The third kappa shape index (κ3) is 4.21. The molecule has 0 N–H and O–H groups in total. The molecule has 1 aliphatic rings. The van der Waals surface area contributed by atoms with E-state index in [4.69, 9.17) is 4.74 Å². The van der Waals surface area contributed by atoms with Crippen LogP contribution in [0.2, 0.25) is 0 Å². The number of benzene rings is 3. The fourth-order valence-electron chi connectivity index (χ4n) is 3.27. The van der Waals surface area contributed by atoms with E-state index < -0.39 is 20.9 Å². The van der Waals surface area contributed by atoms with Gasteiger partial charge in [0, 0.05) is 13.1 Å². The third-order valence-electron chi connectivity index (χ3n) is 5.11. The third-order valence-corrected chi connectivity index (χ3v) is 7.21. The molecule has 0 unspecified atom stereocenters. The van der Waals surface area contributed by atoms with Crippen molar-refractivity contribution in [2.24, 2.45) is 0 Å². The van der Waals surface area contributed by atoms with Crippen molar-refractivity contribution in [3.05, 3.63) is 84.7 Å². The van der Waals surface area contributed by atoms with E-state index in [0.717, 1.165) is 23.3 Å². The molecule has 1 heterocycles. The monoisotopic (exact) mass is 425 g/mol. The highest BCUT2D eigenvalue weighted by molar-refractivity contribution is 7.92. The van der Waals surface area contributed by atoms with Crippen LogP contribution in [0.4, 0.5) is 4.39 Å². The Labute approximate surface area is 174 Å². The van der Waals surface area contributed by atoms with Crippen molar-refractivity contribution >= 4 is 15.7 Å². The molecule has 0 saturated carbocycles. The van der Waals surface area contributed by atoms with Crippen LogP contribution in [0.15, 0.2) is 83.8 Å². The first-order valence-corrected chi connectivity index (χ1v) is 11.0. The summed E-state index contributed by atoms with van der Waals surface area (Å²) in [5.74, 6) is -0.194. The van der Waals surface area contributed by atoms with Crippen molar-refractivity contribution in [1.29, 1.82) is 0 Å². The quantitative estimate of drug-likeness (QED) is 0.567. The maximum atomic E-state index is 13.0. The normalized spacial score (nSPS) is 14.2. The lowest BCUT2D eigenvalue weighted by atomic mass is 10.1. The van der Waals surface area contributed by atoms with Gasteiger partial charge in [-0.3, -0.25) is 4.79 Å². The van der Waals surface area contributed by atoms with Gasteiger partial charge in [0.1, 0.15) is 16.8 Å². The highest BCUT2D eigenvalue weighted by Gasteiger charge is 2.40. The van der Waals surface area contributed by atoms with Gasteiger partial charge in [0.25, 0.3) is 5.91 Å². The maximum absolute atomic E-state index is 13.0. The van der Waals surface area contributed by atoms with Crippen LogP contribution in [0.25, 0.3) is 11.1 Å². The van der Waals surface area contributed by atoms with Crippen molar-refractivity contribution < 1.29 is 22.3 Å². The first-order chi connectivity index (χ1) is 14.4. The molecule has 1 amide bonds. The number of rotatable bonds is 6. The fraction of sp³-hybridized carbons (Fsp3) is 0.174. The predicted octanol–water partition coefficient (Wildman–Crippen LogP) is 3.56. The largest absolute Gasteiger partial charge is 0.484 e. The van der Waals surface area contributed by atoms with Crippen LogP contribution in [0.1, 0.15) is 0 Å². The lowest BCUT2D eigenvalue weighted by molar-refractivity contribution is -0.136. The van der Waals surface area contributed by atoms with E-state index in [-0.39, 0.29) is 30.5 Å². The fourth-order valence-corrected chi connectivity index (χ4v) is 4.92. The average Bonchev–Trinajstić information content (AvgIpc) is 2.72. The number of carbonyl (C=O) groups is 1. The topological polar surface area (TPSA) is 63.7 Å². The summed E-state index contributed by atoms with van der Waals surface area (Å²) in [6.07, 6.45) is 0. The number of carbonyl (C=O) groups excluding carboxylic acids is 1. The Hall–Kier alpha value is -3.19. The minimum Gasteiger partial charge on any atom is -0.484 e. The second-order valence-corrected chi connectivity index (χ2v) is 9.33. The molecular weight excluding hydrogens is 405 g/mol. The lowest BCUT2D eigenvalue weighted by Crippen LogP contribution is -2.57. The Morgan fingerprint density at radius 3 is 2.13 bits per heavy atom. The van der Waals surface area contributed by atoms with Crippen molar-refractivity contribution in [3.63, 3.8) is 0 Å². The van der Waals surface area contributed by atoms with Crippen LogP contribution >= 0.6 is 0 Å². The first kappa shape index (κ1) is 20.1. The number of halogens is 1. The summed E-state index contributed by atoms with van der Waals surface area (Å²) in [7, 11) is -3.59. The summed E-state index contributed by atoms with van der Waals surface area (Å²) in [6, 6.07) is 22.1. The first-order valence-electron chi connectivity index (χ1n) is 9.49. The van der Waals surface area contributed by atoms with Gasteiger partial charge >= 0.3 is 0 Å². The van der Waals surface area contributed by atoms with Gasteiger partial charge < -0.3 is 9.64 Å². The van der Waals surface area contributed by atoms with Gasteiger partial charge in [-0.05, 0) is 47.5 Å². The molecule has 3 aromatic carbocycles. The van der Waals surface area contributed by atoms with Crippen LogP contribution in [0, 0.1) is 5.82 Å². The van der Waals surface area contributed by atoms with Gasteiger partial charge in [-0.1, -0.05) is 42.5 Å². The van der Waals surface area contributed by atoms with E-state index in [9.17, 15) is 17.6 Å². The highest BCUT2D eigenvalue weighted by atomic mass is 32.2. The zero-order valence-corrected chi connectivity index (χ0v) is 16.9. The van der Waals surface area contributed by atoms with Gasteiger partial charge in [0.05, 0.1) is 4.90 Å². The molecule has 154 valence electrons. The number of hydrogen-bond donors (Lipinski definition) is 0. The Kier molecular flexibility index (Phi) is 5.55. The van der Waals surface area contributed by atoms with Gasteiger partial charge in [-0.15, -0.1) is 0 Å². The Balaban J connectivity index is 1.29. The summed E-state index contributed by atoms with van der Waals surface area (Å²) in [5, 5.41) is -0.683. The minimum atomic E-state index is -3.59. The van der Waals surface area contributed by atoms with E-state index in [0.29, 0.717) is 5.75 Å². The molecule has 0 spiro atoms. The van der Waals surface area contributed by atoms with E-state index in [1.165, 1.54) is 17.0 Å². The van der Waals surface area contributed by atoms with Crippen LogP contribution in [0.5, 0.6) is 5.75 Å². The predicted molar refractivity (Wildman–Crippen MR) is 111 cm³/mol. The molecule has 1 aliphatic heterocycles. The van der Waals surface area contributed by atoms with Crippen molar-refractivity contribution in [1.82, 2.24) is 4.90 Å². The van der Waals surface area contributed by atoms with Crippen molar-refractivity contribution in [2.45, 2.75) is 10.1 Å². The Morgan fingerprint density at radius 2 is 1.50 bits per heavy atom. The lowest BCUT2D eigenvalue weighted by Gasteiger charge is -2.38. The molecule has 30 heavy (non-hydrogen) atoms. The number of likely N-dealkylation sites (tertiary alicyclic amines) is 1. The minimum absolute atomic E-state index is 0.0655. The molecular formula is C23H20FNO4S. The molecule has 0 aliphatic carbocycles. The van der Waals surface area contributed by atoms with E-state index >= 15 is 0 Å². The molecule has 1 saturated heterocycles. The molecule has 5 nitrogen and oxygen atoms in total. The SMILES string of the molecule is O=C(COc1ccc(-c2ccccc2)cc1)N1CC(S(=O)(=O)c2ccc(F)cc2)C1. The molecule has 0 bridgehead atoms. The molecule has 0 aromatic heterocycles. The average molecular weight is 425 g/mol. The summed E-state index contributed by atoms with van der Waals surface area (Å²) < 4.78 is 43.6. The van der Waals surface area contributed by atoms with Gasteiger partial charge in [-0.25, -0.2) is 12.8 Å².